The summed E-state index contributed by atoms with van der Waals surface area (Å²) in [7, 11) is 0. The molecule has 0 fully saturated rings. The van der Waals surface area contributed by atoms with Gasteiger partial charge in [-0.1, -0.05) is 151 Å². The van der Waals surface area contributed by atoms with Gasteiger partial charge in [-0.15, -0.1) is 0 Å². The maximum absolute atomic E-state index is 6.68. The average Bonchev–Trinajstić information content (AvgIpc) is 4.16. The number of aromatic nitrogens is 4. The molecule has 14 aromatic rings. The number of rotatable bonds is 3. The Morgan fingerprint density at radius 3 is 1.27 bits per heavy atom. The summed E-state index contributed by atoms with van der Waals surface area (Å²) in [5.41, 5.74) is 21.6. The van der Waals surface area contributed by atoms with Crippen LogP contribution in [0.25, 0.3) is 133 Å². The van der Waals surface area contributed by atoms with Crippen molar-refractivity contribution in [2.75, 3.05) is 0 Å². The van der Waals surface area contributed by atoms with E-state index in [2.05, 4.69) is 227 Å². The van der Waals surface area contributed by atoms with Gasteiger partial charge < -0.3 is 18.0 Å². The first-order valence-electron chi connectivity index (χ1n) is 25.5. The number of furan rings is 2. The number of nitrogens with zero attached hydrogens (tertiary/aromatic N) is 4. The summed E-state index contributed by atoms with van der Waals surface area (Å²) >= 11 is 0. The van der Waals surface area contributed by atoms with Crippen LogP contribution in [0.3, 0.4) is 0 Å². The summed E-state index contributed by atoms with van der Waals surface area (Å²) in [5, 5.41) is 9.24. The Morgan fingerprint density at radius 1 is 0.384 bits per heavy atom. The summed E-state index contributed by atoms with van der Waals surface area (Å²) in [6.07, 6.45) is 0. The van der Waals surface area contributed by atoms with Gasteiger partial charge in [0.2, 0.25) is 0 Å². The normalized spacial score (nSPS) is 13.3. The van der Waals surface area contributed by atoms with Crippen molar-refractivity contribution in [2.24, 2.45) is 0 Å². The Hall–Kier alpha value is -8.68. The molecule has 0 spiro atoms. The maximum atomic E-state index is 6.68. The van der Waals surface area contributed by atoms with E-state index in [1.54, 1.807) is 0 Å². The largest absolute Gasteiger partial charge is 0.456 e. The summed E-state index contributed by atoms with van der Waals surface area (Å²) in [6.45, 7) is 14.0. The smallest absolute Gasteiger partial charge is 0.252 e. The molecule has 7 heteroatoms. The van der Waals surface area contributed by atoms with Gasteiger partial charge in [-0.3, -0.25) is 0 Å². The molecule has 5 aromatic heterocycles. The number of benzene rings is 9. The van der Waals surface area contributed by atoms with E-state index in [-0.39, 0.29) is 17.5 Å². The monoisotopic (exact) mass is 938 g/mol. The molecule has 0 atom stereocenters. The van der Waals surface area contributed by atoms with Crippen LogP contribution in [-0.4, -0.2) is 25.8 Å². The minimum atomic E-state index is -0.129. The fourth-order valence-electron chi connectivity index (χ4n) is 12.6. The van der Waals surface area contributed by atoms with E-state index >= 15 is 0 Å². The SMILES string of the molecule is CC(C)(C)c1cc2c3c(c1)c1cc4oc5ccccc5c4cc1n3-c1cc(-c3nc(-c4ccccc4)cc(-c4ccccc4)n3)cc3c1B2c1cc(C(C)(C)C)cc2c4cc5oc6ccccc6c5cc4n-3c12. The fraction of sp³-hybridized carbons (Fsp3) is 0.121. The topological polar surface area (TPSA) is 61.9 Å². The van der Waals surface area contributed by atoms with Gasteiger partial charge in [0.05, 0.1) is 22.4 Å². The first-order chi connectivity index (χ1) is 35.4. The Labute approximate surface area is 421 Å². The molecule has 346 valence electrons. The third kappa shape index (κ3) is 5.65. The minimum absolute atomic E-state index is 0.0913. The highest BCUT2D eigenvalue weighted by atomic mass is 16.3. The highest BCUT2D eigenvalue weighted by Crippen LogP contribution is 2.46. The van der Waals surface area contributed by atoms with E-state index in [4.69, 9.17) is 18.8 Å². The molecule has 2 aliphatic heterocycles. The molecule has 73 heavy (non-hydrogen) atoms. The quantitative estimate of drug-likeness (QED) is 0.166. The molecule has 6 nitrogen and oxygen atoms in total. The van der Waals surface area contributed by atoms with E-state index in [0.29, 0.717) is 5.82 Å². The summed E-state index contributed by atoms with van der Waals surface area (Å²) in [6, 6.07) is 64.1. The van der Waals surface area contributed by atoms with Crippen LogP contribution in [0.4, 0.5) is 0 Å². The molecular weight excluding hydrogens is 892 g/mol. The Bertz CT molecular complexity index is 4460. The molecule has 16 rings (SSSR count). The van der Waals surface area contributed by atoms with Crippen molar-refractivity contribution in [1.29, 1.82) is 0 Å². The molecule has 0 aliphatic carbocycles. The highest BCUT2D eigenvalue weighted by molar-refractivity contribution is 7.00. The molecule has 0 bridgehead atoms. The second-order valence-electron chi connectivity index (χ2n) is 22.6. The molecule has 9 aromatic carbocycles. The van der Waals surface area contributed by atoms with Crippen LogP contribution in [0.2, 0.25) is 0 Å². The van der Waals surface area contributed by atoms with Crippen molar-refractivity contribution < 1.29 is 8.83 Å². The van der Waals surface area contributed by atoms with E-state index in [9.17, 15) is 0 Å². The Kier molecular flexibility index (Phi) is 7.89. The van der Waals surface area contributed by atoms with Crippen molar-refractivity contribution in [2.45, 2.75) is 52.4 Å². The van der Waals surface area contributed by atoms with Crippen LogP contribution in [0.5, 0.6) is 0 Å². The highest BCUT2D eigenvalue weighted by Gasteiger charge is 2.43. The van der Waals surface area contributed by atoms with Gasteiger partial charge in [0.25, 0.3) is 6.71 Å². The van der Waals surface area contributed by atoms with Gasteiger partial charge in [-0.05, 0) is 105 Å². The van der Waals surface area contributed by atoms with Crippen LogP contribution in [0.15, 0.2) is 185 Å². The van der Waals surface area contributed by atoms with Gasteiger partial charge in [0.1, 0.15) is 22.3 Å². The average molecular weight is 939 g/mol. The fourth-order valence-corrected chi connectivity index (χ4v) is 12.6. The molecule has 0 unspecified atom stereocenters. The van der Waals surface area contributed by atoms with E-state index in [0.717, 1.165) is 94.4 Å². The van der Waals surface area contributed by atoms with E-state index in [1.807, 2.05) is 0 Å². The molecule has 2 aliphatic rings. The van der Waals surface area contributed by atoms with Crippen LogP contribution in [0, 0.1) is 0 Å². The molecule has 0 radical (unpaired) electrons. The Morgan fingerprint density at radius 2 is 0.822 bits per heavy atom. The summed E-state index contributed by atoms with van der Waals surface area (Å²) < 4.78 is 18.5. The molecule has 7 heterocycles. The standard InChI is InChI=1S/C66H47BN4O2/c1-65(2,3)39-27-47-43-33-59-45(41-21-13-15-23-57(41)72-59)31-53(43)70-55-25-38(64-68-51(36-17-9-7-10-18-36)35-52(69-64)37-19-11-8-12-20-37)26-56-61(55)67(49(29-39)62(47)70)50-30-40(66(4,5)6)28-48-44-34-60-46(32-54(44)71(56)63(48)50)42-22-14-16-24-58(42)73-60/h7-35H,1-6H3. The van der Waals surface area contributed by atoms with Crippen LogP contribution < -0.4 is 16.4 Å². The zero-order valence-electron chi connectivity index (χ0n) is 41.4. The van der Waals surface area contributed by atoms with E-state index in [1.165, 1.54) is 60.1 Å². The number of hydrogen-bond acceptors (Lipinski definition) is 4. The van der Waals surface area contributed by atoms with Gasteiger partial charge >= 0.3 is 0 Å². The van der Waals surface area contributed by atoms with Crippen LogP contribution in [0.1, 0.15) is 52.7 Å². The maximum Gasteiger partial charge on any atom is 0.252 e. The molecule has 0 N–H and O–H groups in total. The summed E-state index contributed by atoms with van der Waals surface area (Å²) in [4.78, 5) is 11.0. The molecule has 0 saturated heterocycles. The van der Waals surface area contributed by atoms with Gasteiger partial charge in [-0.2, -0.15) is 0 Å². The molecule has 0 amide bonds. The van der Waals surface area contributed by atoms with E-state index < -0.39 is 0 Å². The second-order valence-corrected chi connectivity index (χ2v) is 22.6. The van der Waals surface area contributed by atoms with Crippen molar-refractivity contribution >= 4 is 111 Å². The number of para-hydroxylation sites is 2. The van der Waals surface area contributed by atoms with Crippen molar-refractivity contribution in [1.82, 2.24) is 19.1 Å². The van der Waals surface area contributed by atoms with Crippen LogP contribution >= 0.6 is 0 Å². The lowest BCUT2D eigenvalue weighted by Gasteiger charge is -2.35. The van der Waals surface area contributed by atoms with Crippen molar-refractivity contribution in [3.63, 3.8) is 0 Å². The third-order valence-electron chi connectivity index (χ3n) is 16.2. The minimum Gasteiger partial charge on any atom is -0.456 e. The van der Waals surface area contributed by atoms with Gasteiger partial charge in [0.15, 0.2) is 5.82 Å². The predicted octanol–water partition coefficient (Wildman–Crippen LogP) is 15.2. The second kappa shape index (κ2) is 14.0. The first-order valence-corrected chi connectivity index (χ1v) is 25.5. The predicted molar refractivity (Wildman–Crippen MR) is 304 cm³/mol. The Balaban J connectivity index is 1.11. The zero-order chi connectivity index (χ0) is 48.8. The zero-order valence-corrected chi connectivity index (χ0v) is 41.4. The lowest BCUT2D eigenvalue weighted by Crippen LogP contribution is -2.59. The third-order valence-corrected chi connectivity index (χ3v) is 16.2. The number of hydrogen-bond donors (Lipinski definition) is 0. The van der Waals surface area contributed by atoms with Crippen molar-refractivity contribution in [3.05, 3.63) is 187 Å². The van der Waals surface area contributed by atoms with Crippen molar-refractivity contribution in [3.8, 4) is 45.3 Å². The lowest BCUT2D eigenvalue weighted by molar-refractivity contribution is 0.591. The molecule has 0 saturated carbocycles. The first kappa shape index (κ1) is 41.0. The molecular formula is C66H47BN4O2. The number of fused-ring (bicyclic) bond motifs is 16. The van der Waals surface area contributed by atoms with Crippen LogP contribution in [-0.2, 0) is 10.8 Å². The lowest BCUT2D eigenvalue weighted by atomic mass is 9.34. The van der Waals surface area contributed by atoms with Gasteiger partial charge in [0, 0.05) is 82.2 Å². The van der Waals surface area contributed by atoms with Gasteiger partial charge in [-0.25, -0.2) is 9.97 Å². The summed E-state index contributed by atoms with van der Waals surface area (Å²) in [5.74, 6) is 0.672.